The van der Waals surface area contributed by atoms with Crippen molar-refractivity contribution in [2.24, 2.45) is 5.92 Å². The zero-order valence-corrected chi connectivity index (χ0v) is 15.5. The van der Waals surface area contributed by atoms with Gasteiger partial charge in [-0.3, -0.25) is 0 Å². The van der Waals surface area contributed by atoms with Gasteiger partial charge in [0, 0.05) is 22.8 Å². The molecular weight excluding hydrogens is 360 g/mol. The summed E-state index contributed by atoms with van der Waals surface area (Å²) in [5.41, 5.74) is 3.12. The number of halogens is 2. The maximum Gasteiger partial charge on any atom is 0.126 e. The van der Waals surface area contributed by atoms with E-state index in [1.54, 1.807) is 11.8 Å². The van der Waals surface area contributed by atoms with Crippen LogP contribution >= 0.6 is 11.8 Å². The third kappa shape index (κ3) is 3.12. The number of hydrogen-bond acceptors (Lipinski definition) is 2. The van der Waals surface area contributed by atoms with Gasteiger partial charge in [0.1, 0.15) is 11.6 Å². The molecule has 0 aliphatic carbocycles. The van der Waals surface area contributed by atoms with Crippen molar-refractivity contribution in [2.45, 2.75) is 18.1 Å². The summed E-state index contributed by atoms with van der Waals surface area (Å²) in [5.74, 6) is -0.543. The second-order valence-corrected chi connectivity index (χ2v) is 8.50. The summed E-state index contributed by atoms with van der Waals surface area (Å²) in [6, 6.07) is 18.8. The highest BCUT2D eigenvalue weighted by atomic mass is 32.2. The summed E-state index contributed by atoms with van der Waals surface area (Å²) in [4.78, 5) is 1.33. The Morgan fingerprint density at radius 2 is 1.67 bits per heavy atom. The Morgan fingerprint density at radius 3 is 2.48 bits per heavy atom. The van der Waals surface area contributed by atoms with Gasteiger partial charge in [0.2, 0.25) is 0 Å². The Morgan fingerprint density at radius 1 is 0.889 bits per heavy atom. The molecule has 1 N–H and O–H groups in total. The third-order valence-corrected chi connectivity index (χ3v) is 7.01. The summed E-state index contributed by atoms with van der Waals surface area (Å²) >= 11 is 1.76. The number of allylic oxidation sites excluding steroid dienone is 1. The number of nitrogens with one attached hydrogen (secondary N) is 1. The average Bonchev–Trinajstić information content (AvgIpc) is 3.11. The zero-order valence-electron chi connectivity index (χ0n) is 14.7. The van der Waals surface area contributed by atoms with Crippen LogP contribution in [0.15, 0.2) is 65.6 Å². The Hall–Kier alpha value is -2.33. The van der Waals surface area contributed by atoms with Gasteiger partial charge < -0.3 is 5.32 Å². The molecule has 2 aliphatic heterocycles. The van der Waals surface area contributed by atoms with Crippen LogP contribution < -0.4 is 5.32 Å². The van der Waals surface area contributed by atoms with Crippen LogP contribution in [0, 0.1) is 17.6 Å². The number of hydrogen-bond donors (Lipinski definition) is 1. The van der Waals surface area contributed by atoms with E-state index in [1.165, 1.54) is 39.1 Å². The Balaban J connectivity index is 1.54. The van der Waals surface area contributed by atoms with E-state index < -0.39 is 11.6 Å². The molecule has 5 rings (SSSR count). The highest BCUT2D eigenvalue weighted by molar-refractivity contribution is 8.03. The van der Waals surface area contributed by atoms with Crippen LogP contribution in [0.25, 0.3) is 16.5 Å². The van der Waals surface area contributed by atoms with E-state index in [-0.39, 0.29) is 5.25 Å². The fourth-order valence-electron chi connectivity index (χ4n) is 4.19. The number of benzene rings is 3. The van der Waals surface area contributed by atoms with Crippen LogP contribution in [-0.4, -0.2) is 6.54 Å². The van der Waals surface area contributed by atoms with Crippen molar-refractivity contribution < 1.29 is 8.78 Å². The maximum absolute atomic E-state index is 13.7. The lowest BCUT2D eigenvalue weighted by Crippen LogP contribution is -2.24. The molecule has 3 aromatic rings. The van der Waals surface area contributed by atoms with Crippen LogP contribution in [-0.2, 0) is 0 Å². The molecule has 0 radical (unpaired) electrons. The average molecular weight is 379 g/mol. The topological polar surface area (TPSA) is 12.0 Å². The molecule has 3 aromatic carbocycles. The zero-order chi connectivity index (χ0) is 18.4. The van der Waals surface area contributed by atoms with Gasteiger partial charge >= 0.3 is 0 Å². The minimum atomic E-state index is -0.498. The van der Waals surface area contributed by atoms with Crippen molar-refractivity contribution in [3.63, 3.8) is 0 Å². The van der Waals surface area contributed by atoms with Crippen LogP contribution in [0.3, 0.4) is 0 Å². The normalized spacial score (nSPS) is 22.0. The van der Waals surface area contributed by atoms with Gasteiger partial charge in [-0.05, 0) is 58.9 Å². The standard InChI is InChI=1S/C23H19F2NS/c24-19-10-18(11-20(25)13-19)21-12-17-7-8-26-22(23(17)27-21)16-6-5-14-3-1-2-4-15(14)9-16/h1-6,9-11,13,17,21,26H,7-8,12H2. The number of rotatable bonds is 2. The lowest BCUT2D eigenvalue weighted by Gasteiger charge is -2.24. The second-order valence-electron chi connectivity index (χ2n) is 7.26. The van der Waals surface area contributed by atoms with Gasteiger partial charge in [-0.2, -0.15) is 0 Å². The van der Waals surface area contributed by atoms with Crippen molar-refractivity contribution in [1.29, 1.82) is 0 Å². The molecule has 0 spiro atoms. The molecule has 0 amide bonds. The third-order valence-electron chi connectivity index (χ3n) is 5.47. The van der Waals surface area contributed by atoms with Gasteiger partial charge in [-0.1, -0.05) is 36.4 Å². The summed E-state index contributed by atoms with van der Waals surface area (Å²) < 4.78 is 27.3. The van der Waals surface area contributed by atoms with Gasteiger partial charge in [0.15, 0.2) is 0 Å². The first kappa shape index (κ1) is 16.8. The van der Waals surface area contributed by atoms with E-state index in [0.717, 1.165) is 31.0 Å². The minimum Gasteiger partial charge on any atom is -0.384 e. The van der Waals surface area contributed by atoms with Crippen molar-refractivity contribution in [1.82, 2.24) is 5.32 Å². The van der Waals surface area contributed by atoms with E-state index in [0.29, 0.717) is 5.92 Å². The first-order valence-corrected chi connectivity index (χ1v) is 10.2. The minimum absolute atomic E-state index is 0.102. The lowest BCUT2D eigenvalue weighted by atomic mass is 9.91. The molecule has 2 unspecified atom stereocenters. The molecule has 136 valence electrons. The molecule has 1 fully saturated rings. The predicted octanol–water partition coefficient (Wildman–Crippen LogP) is 6.27. The van der Waals surface area contributed by atoms with E-state index in [1.807, 2.05) is 6.07 Å². The SMILES string of the molecule is Fc1cc(F)cc(C2CC3CCNC(c4ccc5ccccc5c4)=C3S2)c1. The van der Waals surface area contributed by atoms with Crippen molar-refractivity contribution >= 4 is 28.2 Å². The van der Waals surface area contributed by atoms with Crippen molar-refractivity contribution in [2.75, 3.05) is 6.54 Å². The second kappa shape index (κ2) is 6.68. The highest BCUT2D eigenvalue weighted by Crippen LogP contribution is 2.55. The van der Waals surface area contributed by atoms with Crippen LogP contribution in [0.2, 0.25) is 0 Å². The van der Waals surface area contributed by atoms with E-state index in [2.05, 4.69) is 41.7 Å². The molecule has 0 aromatic heterocycles. The van der Waals surface area contributed by atoms with E-state index in [4.69, 9.17) is 0 Å². The summed E-state index contributed by atoms with van der Waals surface area (Å²) in [5, 5.41) is 6.13. The van der Waals surface area contributed by atoms with Crippen LogP contribution in [0.5, 0.6) is 0 Å². The van der Waals surface area contributed by atoms with E-state index >= 15 is 0 Å². The van der Waals surface area contributed by atoms with Crippen molar-refractivity contribution in [3.05, 3.63) is 88.3 Å². The Kier molecular flexibility index (Phi) is 4.16. The largest absolute Gasteiger partial charge is 0.384 e. The molecule has 27 heavy (non-hydrogen) atoms. The molecule has 1 nitrogen and oxygen atoms in total. The molecule has 4 heteroatoms. The summed E-state index contributed by atoms with van der Waals surface area (Å²) in [6.45, 7) is 0.932. The van der Waals surface area contributed by atoms with Gasteiger partial charge in [-0.25, -0.2) is 8.78 Å². The summed E-state index contributed by atoms with van der Waals surface area (Å²) in [6.07, 6.45) is 2.00. The van der Waals surface area contributed by atoms with Gasteiger partial charge in [0.25, 0.3) is 0 Å². The fourth-order valence-corrected chi connectivity index (χ4v) is 5.81. The monoisotopic (exact) mass is 379 g/mol. The fraction of sp³-hybridized carbons (Fsp3) is 0.217. The molecular formula is C23H19F2NS. The van der Waals surface area contributed by atoms with E-state index in [9.17, 15) is 8.78 Å². The smallest absolute Gasteiger partial charge is 0.126 e. The summed E-state index contributed by atoms with van der Waals surface area (Å²) in [7, 11) is 0. The van der Waals surface area contributed by atoms with Gasteiger partial charge in [-0.15, -0.1) is 11.8 Å². The Labute approximate surface area is 161 Å². The highest BCUT2D eigenvalue weighted by Gasteiger charge is 2.35. The van der Waals surface area contributed by atoms with Crippen LogP contribution in [0.1, 0.15) is 29.2 Å². The molecule has 2 atom stereocenters. The first-order chi connectivity index (χ1) is 13.2. The van der Waals surface area contributed by atoms with Crippen LogP contribution in [0.4, 0.5) is 8.78 Å². The molecule has 1 saturated heterocycles. The predicted molar refractivity (Wildman–Crippen MR) is 108 cm³/mol. The molecule has 0 bridgehead atoms. The molecule has 0 saturated carbocycles. The molecule has 2 aliphatic rings. The maximum atomic E-state index is 13.7. The number of thioether (sulfide) groups is 1. The molecule has 2 heterocycles. The van der Waals surface area contributed by atoms with Gasteiger partial charge in [0.05, 0.1) is 5.70 Å². The first-order valence-electron chi connectivity index (χ1n) is 9.27. The van der Waals surface area contributed by atoms with Crippen molar-refractivity contribution in [3.8, 4) is 0 Å². The Bertz CT molecular complexity index is 1040. The lowest BCUT2D eigenvalue weighted by molar-refractivity contribution is 0.521. The number of fused-ring (bicyclic) bond motifs is 2. The quantitative estimate of drug-likeness (QED) is 0.563.